The van der Waals surface area contributed by atoms with E-state index in [0.29, 0.717) is 16.8 Å². The molecular weight excluding hydrogens is 667 g/mol. The van der Waals surface area contributed by atoms with Crippen LogP contribution in [0.4, 0.5) is 0 Å². The predicted octanol–water partition coefficient (Wildman–Crippen LogP) is 9.39. The molecule has 7 rings (SSSR count). The van der Waals surface area contributed by atoms with Crippen molar-refractivity contribution in [3.8, 4) is 5.69 Å². The van der Waals surface area contributed by atoms with Gasteiger partial charge in [0.2, 0.25) is 0 Å². The van der Waals surface area contributed by atoms with E-state index in [-0.39, 0.29) is 31.2 Å². The summed E-state index contributed by atoms with van der Waals surface area (Å²) < 4.78 is 9.35. The lowest BCUT2D eigenvalue weighted by molar-refractivity contribution is -0.143. The van der Waals surface area contributed by atoms with Crippen LogP contribution in [0.1, 0.15) is 48.2 Å². The second kappa shape index (κ2) is 14.5. The number of esters is 1. The second-order valence-corrected chi connectivity index (χ2v) is 13.8. The Morgan fingerprint density at radius 3 is 2.20 bits per heavy atom. The molecule has 0 fully saturated rings. The average Bonchev–Trinajstić information content (AvgIpc) is 3.70. The molecule has 248 valence electrons. The molecule has 0 aliphatic carbocycles. The van der Waals surface area contributed by atoms with Gasteiger partial charge in [0.25, 0.3) is 0 Å². The van der Waals surface area contributed by atoms with E-state index in [4.69, 9.17) is 14.6 Å². The summed E-state index contributed by atoms with van der Waals surface area (Å²) in [5.74, 6) is -0.948. The summed E-state index contributed by atoms with van der Waals surface area (Å²) in [5.41, 5.74) is 6.25. The Labute approximate surface area is 296 Å². The number of fused-ring (bicyclic) bond motifs is 4. The van der Waals surface area contributed by atoms with Gasteiger partial charge >= 0.3 is 11.9 Å². The lowest BCUT2D eigenvalue weighted by Gasteiger charge is -2.10. The Hall–Kier alpha value is -5.58. The molecule has 0 spiro atoms. The van der Waals surface area contributed by atoms with Crippen molar-refractivity contribution in [1.29, 1.82) is 0 Å². The van der Waals surface area contributed by atoms with E-state index in [1.54, 1.807) is 30.0 Å². The van der Waals surface area contributed by atoms with Crippen LogP contribution in [0.2, 0.25) is 0 Å². The Morgan fingerprint density at radius 1 is 0.780 bits per heavy atom. The molecule has 0 aliphatic heterocycles. The van der Waals surface area contributed by atoms with Crippen LogP contribution in [-0.2, 0) is 19.2 Å². The molecule has 0 atom stereocenters. The van der Waals surface area contributed by atoms with Gasteiger partial charge in [0.1, 0.15) is 0 Å². The second-order valence-electron chi connectivity index (χ2n) is 11.5. The zero-order chi connectivity index (χ0) is 34.6. The Balaban J connectivity index is 1.15. The fourth-order valence-electron chi connectivity index (χ4n) is 5.84. The van der Waals surface area contributed by atoms with Crippen molar-refractivity contribution in [3.63, 3.8) is 0 Å². The molecule has 0 aliphatic rings. The van der Waals surface area contributed by atoms with Gasteiger partial charge in [-0.1, -0.05) is 53.3 Å². The number of nitrogens with zero attached hydrogens (tertiary/aromatic N) is 3. The Kier molecular flexibility index (Phi) is 9.55. The molecular formula is C40H31N3O5S2. The lowest BCUT2D eigenvalue weighted by atomic mass is 10.0. The maximum atomic E-state index is 13.5. The van der Waals surface area contributed by atoms with Crippen LogP contribution in [0, 0.1) is 0 Å². The number of thiazole rings is 1. The quantitative estimate of drug-likeness (QED) is 0.0437. The van der Waals surface area contributed by atoms with Crippen molar-refractivity contribution < 1.29 is 24.0 Å². The van der Waals surface area contributed by atoms with E-state index in [9.17, 15) is 14.4 Å². The van der Waals surface area contributed by atoms with E-state index in [1.165, 1.54) is 6.92 Å². The topological polar surface area (TPSA) is 99.9 Å². The van der Waals surface area contributed by atoms with E-state index in [1.807, 2.05) is 97.1 Å². The number of hydrogen-bond acceptors (Lipinski definition) is 9. The molecule has 0 saturated carbocycles. The summed E-state index contributed by atoms with van der Waals surface area (Å²) in [7, 11) is 0. The summed E-state index contributed by atoms with van der Waals surface area (Å²) in [6.07, 6.45) is 0.350. The third-order valence-corrected chi connectivity index (χ3v) is 10.2. The first-order valence-corrected chi connectivity index (χ1v) is 17.7. The average molecular weight is 698 g/mol. The highest BCUT2D eigenvalue weighted by atomic mass is 32.2. The largest absolute Gasteiger partial charge is 0.466 e. The van der Waals surface area contributed by atoms with Gasteiger partial charge < -0.3 is 14.1 Å². The van der Waals surface area contributed by atoms with E-state index < -0.39 is 5.97 Å². The normalized spacial score (nSPS) is 11.7. The number of benzene rings is 5. The van der Waals surface area contributed by atoms with Gasteiger partial charge in [0.15, 0.2) is 10.1 Å². The van der Waals surface area contributed by atoms with Gasteiger partial charge in [0.05, 0.1) is 40.0 Å². The fourth-order valence-corrected chi connectivity index (χ4v) is 7.88. The van der Waals surface area contributed by atoms with Crippen molar-refractivity contribution in [2.24, 2.45) is 5.16 Å². The van der Waals surface area contributed by atoms with Gasteiger partial charge in [-0.15, -0.1) is 11.3 Å². The Bertz CT molecular complexity index is 2380. The van der Waals surface area contributed by atoms with Crippen molar-refractivity contribution in [3.05, 3.63) is 132 Å². The first-order chi connectivity index (χ1) is 24.4. The molecule has 0 N–H and O–H groups in total. The summed E-state index contributed by atoms with van der Waals surface area (Å²) in [5, 5.41) is 6.06. The number of para-hydroxylation sites is 2. The SMILES string of the molecule is CCOC(=O)CCC(=NOC(C)=O)c1ccc2c(c1)c1ccccc1n2-c1ccc(C(=O)c2ccc(Sc3nc4ccccc4s3)cc2)cc1. The Morgan fingerprint density at radius 2 is 1.46 bits per heavy atom. The zero-order valence-electron chi connectivity index (χ0n) is 27.3. The van der Waals surface area contributed by atoms with Crippen molar-refractivity contribution in [2.45, 2.75) is 35.9 Å². The highest BCUT2D eigenvalue weighted by molar-refractivity contribution is 8.01. The summed E-state index contributed by atoms with van der Waals surface area (Å²) >= 11 is 3.25. The minimum atomic E-state index is -0.546. The highest BCUT2D eigenvalue weighted by Crippen LogP contribution is 2.35. The lowest BCUT2D eigenvalue weighted by Crippen LogP contribution is -2.10. The van der Waals surface area contributed by atoms with Crippen LogP contribution in [-0.4, -0.2) is 39.6 Å². The first-order valence-electron chi connectivity index (χ1n) is 16.1. The third-order valence-electron chi connectivity index (χ3n) is 8.15. The van der Waals surface area contributed by atoms with E-state index >= 15 is 0 Å². The molecule has 0 saturated heterocycles. The van der Waals surface area contributed by atoms with E-state index in [2.05, 4.69) is 27.9 Å². The molecule has 2 aromatic heterocycles. The molecule has 0 amide bonds. The summed E-state index contributed by atoms with van der Waals surface area (Å²) in [6.45, 7) is 3.32. The monoisotopic (exact) mass is 697 g/mol. The van der Waals surface area contributed by atoms with Crippen LogP contribution in [0.3, 0.4) is 0 Å². The van der Waals surface area contributed by atoms with Crippen molar-refractivity contribution >= 4 is 78.6 Å². The first kappa shape index (κ1) is 32.9. The van der Waals surface area contributed by atoms with Crippen LogP contribution in [0.15, 0.2) is 130 Å². The number of hydrogen-bond donors (Lipinski definition) is 0. The number of carbonyl (C=O) groups excluding carboxylic acids is 3. The molecule has 0 bridgehead atoms. The number of oxime groups is 1. The minimum absolute atomic E-state index is 0.0534. The molecule has 0 unspecified atom stereocenters. The molecule has 2 heterocycles. The fraction of sp³-hybridized carbons (Fsp3) is 0.125. The van der Waals surface area contributed by atoms with Crippen molar-refractivity contribution in [1.82, 2.24) is 9.55 Å². The number of aromatic nitrogens is 2. The number of rotatable bonds is 11. The van der Waals surface area contributed by atoms with Gasteiger partial charge in [-0.05, 0) is 85.8 Å². The van der Waals surface area contributed by atoms with Gasteiger partial charge in [-0.25, -0.2) is 9.78 Å². The predicted molar refractivity (Wildman–Crippen MR) is 199 cm³/mol. The summed E-state index contributed by atoms with van der Waals surface area (Å²) in [4.78, 5) is 47.9. The molecule has 7 aromatic rings. The molecule has 50 heavy (non-hydrogen) atoms. The van der Waals surface area contributed by atoms with Crippen molar-refractivity contribution in [2.75, 3.05) is 6.61 Å². The maximum Gasteiger partial charge on any atom is 0.331 e. The highest BCUT2D eigenvalue weighted by Gasteiger charge is 2.17. The van der Waals surface area contributed by atoms with Crippen LogP contribution in [0.25, 0.3) is 37.7 Å². The molecule has 10 heteroatoms. The number of ketones is 1. The number of carbonyl (C=O) groups is 3. The van der Waals surface area contributed by atoms with Gasteiger partial charge in [0, 0.05) is 51.4 Å². The van der Waals surface area contributed by atoms with Crippen LogP contribution >= 0.6 is 23.1 Å². The third kappa shape index (κ3) is 6.94. The minimum Gasteiger partial charge on any atom is -0.466 e. The van der Waals surface area contributed by atoms with Crippen LogP contribution < -0.4 is 0 Å². The standard InChI is InChI=1S/C40H31N3O5S2/c1-3-47-38(45)23-21-33(42-48-25(2)44)28-16-22-36-32(24-28)31-8-4-6-10-35(31)43(36)29-17-12-26(13-18-29)39(46)27-14-19-30(20-15-27)49-40-41-34-9-5-7-11-37(34)50-40/h4-20,22,24H,3,21,23H2,1-2H3. The smallest absolute Gasteiger partial charge is 0.331 e. The van der Waals surface area contributed by atoms with Crippen LogP contribution in [0.5, 0.6) is 0 Å². The molecule has 5 aromatic carbocycles. The maximum absolute atomic E-state index is 13.5. The van der Waals surface area contributed by atoms with Gasteiger partial charge in [-0.3, -0.25) is 9.59 Å². The van der Waals surface area contributed by atoms with E-state index in [0.717, 1.165) is 52.5 Å². The number of ether oxygens (including phenoxy) is 1. The molecule has 8 nitrogen and oxygen atoms in total. The summed E-state index contributed by atoms with van der Waals surface area (Å²) in [6, 6.07) is 37.3. The zero-order valence-corrected chi connectivity index (χ0v) is 28.9. The molecule has 0 radical (unpaired) electrons. The van der Waals surface area contributed by atoms with Gasteiger partial charge in [-0.2, -0.15) is 0 Å².